The van der Waals surface area contributed by atoms with Gasteiger partial charge in [0, 0.05) is 10.4 Å². The van der Waals surface area contributed by atoms with Crippen LogP contribution in [0.5, 0.6) is 5.75 Å². The van der Waals surface area contributed by atoms with Crippen molar-refractivity contribution >= 4 is 17.2 Å². The molecule has 0 radical (unpaired) electrons. The molecule has 1 heterocycles. The van der Waals surface area contributed by atoms with Gasteiger partial charge in [0.15, 0.2) is 0 Å². The smallest absolute Gasteiger partial charge is 0.251 e. The third-order valence-corrected chi connectivity index (χ3v) is 4.67. The average Bonchev–Trinajstić information content (AvgIpc) is 3.16. The van der Waals surface area contributed by atoms with Crippen molar-refractivity contribution in [3.63, 3.8) is 0 Å². The van der Waals surface area contributed by atoms with Crippen LogP contribution in [0, 0.1) is 5.92 Å². The lowest BCUT2D eigenvalue weighted by Crippen LogP contribution is -2.26. The van der Waals surface area contributed by atoms with Gasteiger partial charge in [-0.15, -0.1) is 11.3 Å². The lowest BCUT2D eigenvalue weighted by molar-refractivity contribution is 0.0940. The third kappa shape index (κ3) is 3.85. The maximum absolute atomic E-state index is 12.2. The summed E-state index contributed by atoms with van der Waals surface area (Å²) in [6, 6.07) is 11.4. The Balaban J connectivity index is 1.56. The van der Waals surface area contributed by atoms with Crippen molar-refractivity contribution < 1.29 is 9.53 Å². The zero-order chi connectivity index (χ0) is 14.7. The minimum atomic E-state index is -0.0513. The molecule has 1 saturated carbocycles. The molecule has 3 nitrogen and oxygen atoms in total. The van der Waals surface area contributed by atoms with E-state index in [1.807, 2.05) is 48.7 Å². The molecule has 1 amide bonds. The highest BCUT2D eigenvalue weighted by molar-refractivity contribution is 7.10. The summed E-state index contributed by atoms with van der Waals surface area (Å²) in [5.41, 5.74) is 0.664. The van der Waals surface area contributed by atoms with Crippen LogP contribution in [0.4, 0.5) is 0 Å². The standard InChI is InChI=1S/C17H19NO2S/c1-12(16-3-2-10-21-16)18-17(19)14-6-8-15(9-7-14)20-11-13-4-5-13/h2-3,6-10,12-13H,4-5,11H2,1H3,(H,18,19)/t12-/m0/s1. The van der Waals surface area contributed by atoms with Gasteiger partial charge in [-0.05, 0) is 61.4 Å². The SMILES string of the molecule is C[C@H](NC(=O)c1ccc(OCC2CC2)cc1)c1cccs1. The number of nitrogens with one attached hydrogen (secondary N) is 1. The van der Waals surface area contributed by atoms with Crippen LogP contribution < -0.4 is 10.1 Å². The first-order chi connectivity index (χ1) is 10.2. The minimum absolute atomic E-state index is 0.0308. The molecule has 1 N–H and O–H groups in total. The van der Waals surface area contributed by atoms with E-state index in [1.165, 1.54) is 12.8 Å². The molecule has 0 bridgehead atoms. The molecule has 1 aromatic heterocycles. The number of benzene rings is 1. The van der Waals surface area contributed by atoms with E-state index < -0.39 is 0 Å². The fraction of sp³-hybridized carbons (Fsp3) is 0.353. The van der Waals surface area contributed by atoms with Crippen LogP contribution in [0.1, 0.15) is 41.0 Å². The molecule has 1 aromatic carbocycles. The lowest BCUT2D eigenvalue weighted by Gasteiger charge is -2.12. The van der Waals surface area contributed by atoms with Gasteiger partial charge in [-0.3, -0.25) is 4.79 Å². The van der Waals surface area contributed by atoms with Crippen molar-refractivity contribution in [3.8, 4) is 5.75 Å². The molecule has 1 atom stereocenters. The zero-order valence-corrected chi connectivity index (χ0v) is 12.9. The van der Waals surface area contributed by atoms with E-state index in [2.05, 4.69) is 5.32 Å². The number of hydrogen-bond donors (Lipinski definition) is 1. The Hall–Kier alpha value is -1.81. The van der Waals surface area contributed by atoms with Crippen LogP contribution in [-0.4, -0.2) is 12.5 Å². The Morgan fingerprint density at radius 1 is 1.33 bits per heavy atom. The quantitative estimate of drug-likeness (QED) is 0.875. The number of hydrogen-bond acceptors (Lipinski definition) is 3. The first kappa shape index (κ1) is 14.1. The summed E-state index contributed by atoms with van der Waals surface area (Å²) in [6.07, 6.45) is 2.56. The Bertz CT molecular complexity index is 588. The van der Waals surface area contributed by atoms with Crippen molar-refractivity contribution in [1.29, 1.82) is 0 Å². The van der Waals surface area contributed by atoms with Crippen LogP contribution >= 0.6 is 11.3 Å². The molecule has 0 unspecified atom stereocenters. The van der Waals surface area contributed by atoms with Gasteiger partial charge in [-0.2, -0.15) is 0 Å². The highest BCUT2D eigenvalue weighted by Crippen LogP contribution is 2.29. The first-order valence-electron chi connectivity index (χ1n) is 7.29. The van der Waals surface area contributed by atoms with Gasteiger partial charge < -0.3 is 10.1 Å². The molecule has 4 heteroatoms. The maximum Gasteiger partial charge on any atom is 0.251 e. The molecular weight excluding hydrogens is 282 g/mol. The monoisotopic (exact) mass is 301 g/mol. The summed E-state index contributed by atoms with van der Waals surface area (Å²) in [7, 11) is 0. The fourth-order valence-electron chi connectivity index (χ4n) is 2.09. The van der Waals surface area contributed by atoms with E-state index in [0.29, 0.717) is 5.56 Å². The van der Waals surface area contributed by atoms with E-state index >= 15 is 0 Å². The molecule has 0 saturated heterocycles. The highest BCUT2D eigenvalue weighted by atomic mass is 32.1. The molecule has 1 fully saturated rings. The van der Waals surface area contributed by atoms with Crippen molar-refractivity contribution in [3.05, 3.63) is 52.2 Å². The van der Waals surface area contributed by atoms with Crippen LogP contribution in [0.25, 0.3) is 0 Å². The highest BCUT2D eigenvalue weighted by Gasteiger charge is 2.21. The number of ether oxygens (including phenoxy) is 1. The second-order valence-electron chi connectivity index (χ2n) is 5.49. The normalized spacial score (nSPS) is 15.5. The average molecular weight is 301 g/mol. The Morgan fingerprint density at radius 3 is 2.71 bits per heavy atom. The predicted octanol–water partition coefficient (Wildman–Crippen LogP) is 4.03. The van der Waals surface area contributed by atoms with Crippen molar-refractivity contribution in [2.45, 2.75) is 25.8 Å². The summed E-state index contributed by atoms with van der Waals surface area (Å²) in [5.74, 6) is 1.52. The summed E-state index contributed by atoms with van der Waals surface area (Å²) >= 11 is 1.65. The van der Waals surface area contributed by atoms with Crippen LogP contribution in [0.3, 0.4) is 0 Å². The molecule has 3 rings (SSSR count). The summed E-state index contributed by atoms with van der Waals surface area (Å²) in [4.78, 5) is 13.4. The molecule has 110 valence electrons. The zero-order valence-electron chi connectivity index (χ0n) is 12.0. The van der Waals surface area contributed by atoms with E-state index in [9.17, 15) is 4.79 Å². The summed E-state index contributed by atoms with van der Waals surface area (Å²) in [5, 5.41) is 5.03. The van der Waals surface area contributed by atoms with Gasteiger partial charge in [-0.25, -0.2) is 0 Å². The lowest BCUT2D eigenvalue weighted by atomic mass is 10.2. The predicted molar refractivity (Wildman–Crippen MR) is 84.9 cm³/mol. The second-order valence-corrected chi connectivity index (χ2v) is 6.47. The largest absolute Gasteiger partial charge is 0.493 e. The van der Waals surface area contributed by atoms with Gasteiger partial charge in [0.25, 0.3) is 5.91 Å². The second kappa shape index (κ2) is 6.31. The summed E-state index contributed by atoms with van der Waals surface area (Å²) < 4.78 is 5.67. The minimum Gasteiger partial charge on any atom is -0.493 e. The van der Waals surface area contributed by atoms with Gasteiger partial charge in [0.2, 0.25) is 0 Å². The van der Waals surface area contributed by atoms with Gasteiger partial charge in [-0.1, -0.05) is 6.07 Å². The molecular formula is C17H19NO2S. The first-order valence-corrected chi connectivity index (χ1v) is 8.17. The molecule has 0 spiro atoms. The number of rotatable bonds is 6. The van der Waals surface area contributed by atoms with Crippen molar-refractivity contribution in [1.82, 2.24) is 5.32 Å². The Labute approximate surface area is 129 Å². The van der Waals surface area contributed by atoms with E-state index in [1.54, 1.807) is 11.3 Å². The van der Waals surface area contributed by atoms with E-state index in [4.69, 9.17) is 4.74 Å². The topological polar surface area (TPSA) is 38.3 Å². The van der Waals surface area contributed by atoms with Gasteiger partial charge in [0.1, 0.15) is 5.75 Å². The van der Waals surface area contributed by atoms with Crippen LogP contribution in [0.15, 0.2) is 41.8 Å². The van der Waals surface area contributed by atoms with Crippen molar-refractivity contribution in [2.75, 3.05) is 6.61 Å². The summed E-state index contributed by atoms with van der Waals surface area (Å²) in [6.45, 7) is 2.79. The molecule has 21 heavy (non-hydrogen) atoms. The third-order valence-electron chi connectivity index (χ3n) is 3.62. The number of carbonyl (C=O) groups excluding carboxylic acids is 1. The fourth-order valence-corrected chi connectivity index (χ4v) is 2.82. The molecule has 2 aromatic rings. The maximum atomic E-state index is 12.2. The number of thiophene rings is 1. The number of carbonyl (C=O) groups is 1. The van der Waals surface area contributed by atoms with Gasteiger partial charge in [0.05, 0.1) is 12.6 Å². The van der Waals surface area contributed by atoms with Crippen LogP contribution in [0.2, 0.25) is 0 Å². The van der Waals surface area contributed by atoms with E-state index in [-0.39, 0.29) is 11.9 Å². The van der Waals surface area contributed by atoms with Crippen LogP contribution in [-0.2, 0) is 0 Å². The Morgan fingerprint density at radius 2 is 2.10 bits per heavy atom. The Kier molecular flexibility index (Phi) is 4.25. The van der Waals surface area contributed by atoms with Gasteiger partial charge >= 0.3 is 0 Å². The molecule has 1 aliphatic carbocycles. The van der Waals surface area contributed by atoms with E-state index in [0.717, 1.165) is 23.2 Å². The number of amides is 1. The van der Waals surface area contributed by atoms with Crippen molar-refractivity contribution in [2.24, 2.45) is 5.92 Å². The molecule has 0 aliphatic heterocycles. The molecule has 1 aliphatic rings.